The molecule has 0 heterocycles. The van der Waals surface area contributed by atoms with Crippen LogP contribution in [0.1, 0.15) is 17.3 Å². The quantitative estimate of drug-likeness (QED) is 0.584. The van der Waals surface area contributed by atoms with E-state index in [1.807, 2.05) is 0 Å². The number of carbonyl (C=O) groups is 1. The van der Waals surface area contributed by atoms with Gasteiger partial charge in [-0.1, -0.05) is 23.2 Å². The van der Waals surface area contributed by atoms with Crippen molar-refractivity contribution < 1.29 is 22.1 Å². The van der Waals surface area contributed by atoms with Gasteiger partial charge in [0.1, 0.15) is 4.90 Å². The van der Waals surface area contributed by atoms with E-state index >= 15 is 0 Å². The van der Waals surface area contributed by atoms with Crippen molar-refractivity contribution in [1.82, 2.24) is 0 Å². The molecule has 122 valence electrons. The van der Waals surface area contributed by atoms with Crippen LogP contribution in [0.5, 0.6) is 11.5 Å². The maximum Gasteiger partial charge on any atom is 0.340 e. The first-order chi connectivity index (χ1) is 10.7. The molecular formula is C15H12Cl2O5S. The molecular weight excluding hydrogens is 363 g/mol. The molecule has 8 heteroatoms. The van der Waals surface area contributed by atoms with Crippen molar-refractivity contribution in [3.8, 4) is 11.5 Å². The molecule has 0 fully saturated rings. The van der Waals surface area contributed by atoms with E-state index in [0.717, 1.165) is 0 Å². The molecule has 0 aliphatic rings. The Morgan fingerprint density at radius 2 is 1.74 bits per heavy atom. The molecule has 0 aromatic heterocycles. The summed E-state index contributed by atoms with van der Waals surface area (Å²) in [6.07, 6.45) is 0. The van der Waals surface area contributed by atoms with E-state index in [1.165, 1.54) is 50.4 Å². The summed E-state index contributed by atoms with van der Waals surface area (Å²) in [4.78, 5) is 11.1. The topological polar surface area (TPSA) is 69.7 Å². The number of halogens is 2. The molecule has 23 heavy (non-hydrogen) atoms. The zero-order valence-electron chi connectivity index (χ0n) is 12.2. The highest BCUT2D eigenvalue weighted by atomic mass is 35.5. The maximum atomic E-state index is 12.4. The molecule has 0 atom stereocenters. The minimum atomic E-state index is -4.21. The van der Waals surface area contributed by atoms with Gasteiger partial charge in [0.05, 0.1) is 12.1 Å². The summed E-state index contributed by atoms with van der Waals surface area (Å²) < 4.78 is 34.9. The molecule has 0 radical (unpaired) electrons. The van der Waals surface area contributed by atoms with Crippen LogP contribution in [0, 0.1) is 0 Å². The summed E-state index contributed by atoms with van der Waals surface area (Å²) >= 11 is 11.7. The van der Waals surface area contributed by atoms with Crippen molar-refractivity contribution in [2.75, 3.05) is 7.11 Å². The summed E-state index contributed by atoms with van der Waals surface area (Å²) in [6.45, 7) is 1.39. The summed E-state index contributed by atoms with van der Waals surface area (Å²) in [5, 5.41) is 0.184. The Labute approximate surface area is 143 Å². The zero-order chi connectivity index (χ0) is 17.2. The monoisotopic (exact) mass is 374 g/mol. The van der Waals surface area contributed by atoms with Gasteiger partial charge in [0.15, 0.2) is 17.3 Å². The number of ether oxygens (including phenoxy) is 1. The van der Waals surface area contributed by atoms with E-state index < -0.39 is 10.1 Å². The van der Waals surface area contributed by atoms with Crippen LogP contribution in [0.15, 0.2) is 41.3 Å². The van der Waals surface area contributed by atoms with Gasteiger partial charge < -0.3 is 8.92 Å². The van der Waals surface area contributed by atoms with Crippen LogP contribution in [0.4, 0.5) is 0 Å². The van der Waals surface area contributed by atoms with E-state index in [9.17, 15) is 13.2 Å². The van der Waals surface area contributed by atoms with Gasteiger partial charge in [0.2, 0.25) is 0 Å². The van der Waals surface area contributed by atoms with Crippen LogP contribution in [0.2, 0.25) is 10.0 Å². The van der Waals surface area contributed by atoms with Crippen LogP contribution in [0.3, 0.4) is 0 Å². The molecule has 0 saturated heterocycles. The highest BCUT2D eigenvalue weighted by Gasteiger charge is 2.23. The van der Waals surface area contributed by atoms with Gasteiger partial charge in [-0.15, -0.1) is 0 Å². The first-order valence-electron chi connectivity index (χ1n) is 6.33. The molecule has 0 amide bonds. The Balaban J connectivity index is 2.45. The summed E-state index contributed by atoms with van der Waals surface area (Å²) in [7, 11) is -2.88. The second-order valence-corrected chi connectivity index (χ2v) is 6.89. The molecule has 2 aromatic rings. The number of ketones is 1. The van der Waals surface area contributed by atoms with Crippen LogP contribution in [0.25, 0.3) is 0 Å². The van der Waals surface area contributed by atoms with Gasteiger partial charge in [-0.2, -0.15) is 8.42 Å². The van der Waals surface area contributed by atoms with Gasteiger partial charge in [-0.05, 0) is 43.3 Å². The molecule has 2 rings (SSSR count). The normalized spacial score (nSPS) is 11.1. The number of hydrogen-bond donors (Lipinski definition) is 0. The molecule has 0 saturated carbocycles. The van der Waals surface area contributed by atoms with Crippen molar-refractivity contribution >= 4 is 39.1 Å². The van der Waals surface area contributed by atoms with Crippen molar-refractivity contribution in [3.63, 3.8) is 0 Å². The van der Waals surface area contributed by atoms with Crippen molar-refractivity contribution in [3.05, 3.63) is 52.0 Å². The molecule has 0 N–H and O–H groups in total. The minimum absolute atomic E-state index is 0.0197. The largest absolute Gasteiger partial charge is 0.493 e. The molecule has 5 nitrogen and oxygen atoms in total. The fourth-order valence-electron chi connectivity index (χ4n) is 1.79. The predicted molar refractivity (Wildman–Crippen MR) is 87.3 cm³/mol. The summed E-state index contributed by atoms with van der Waals surface area (Å²) in [5.74, 6) is -0.136. The van der Waals surface area contributed by atoms with Crippen LogP contribution in [-0.2, 0) is 10.1 Å². The van der Waals surface area contributed by atoms with Crippen LogP contribution in [-0.4, -0.2) is 21.3 Å². The third-order valence-corrected chi connectivity index (χ3v) is 4.88. The van der Waals surface area contributed by atoms with Gasteiger partial charge in [0.25, 0.3) is 0 Å². The standard InChI is InChI=1S/C15H12Cl2O5S/c1-9(18)10-3-6-13(14(7-10)21-2)22-23(19,20)15-8-11(16)4-5-12(15)17/h3-8H,1-2H3. The second kappa shape index (κ2) is 6.78. The van der Waals surface area contributed by atoms with Crippen molar-refractivity contribution in [2.45, 2.75) is 11.8 Å². The smallest absolute Gasteiger partial charge is 0.340 e. The Morgan fingerprint density at radius 3 is 2.35 bits per heavy atom. The molecule has 2 aromatic carbocycles. The van der Waals surface area contributed by atoms with Gasteiger partial charge in [-0.3, -0.25) is 4.79 Å². The lowest BCUT2D eigenvalue weighted by Crippen LogP contribution is -2.11. The van der Waals surface area contributed by atoms with Crippen molar-refractivity contribution in [2.24, 2.45) is 0 Å². The number of benzene rings is 2. The van der Waals surface area contributed by atoms with E-state index in [1.54, 1.807) is 0 Å². The highest BCUT2D eigenvalue weighted by molar-refractivity contribution is 7.87. The van der Waals surface area contributed by atoms with Gasteiger partial charge in [0, 0.05) is 10.6 Å². The molecule has 0 bridgehead atoms. The Morgan fingerprint density at radius 1 is 1.04 bits per heavy atom. The van der Waals surface area contributed by atoms with E-state index in [0.29, 0.717) is 5.56 Å². The van der Waals surface area contributed by atoms with E-state index in [2.05, 4.69) is 0 Å². The molecule has 0 aliphatic carbocycles. The third kappa shape index (κ3) is 3.96. The number of carbonyl (C=O) groups excluding carboxylic acids is 1. The highest BCUT2D eigenvalue weighted by Crippen LogP contribution is 2.33. The lowest BCUT2D eigenvalue weighted by atomic mass is 10.1. The Hall–Kier alpha value is -1.76. The third-order valence-electron chi connectivity index (χ3n) is 2.93. The fraction of sp³-hybridized carbons (Fsp3) is 0.133. The lowest BCUT2D eigenvalue weighted by molar-refractivity contribution is 0.101. The van der Waals surface area contributed by atoms with Crippen LogP contribution < -0.4 is 8.92 Å². The number of methoxy groups -OCH3 is 1. The minimum Gasteiger partial charge on any atom is -0.493 e. The molecule has 0 spiro atoms. The zero-order valence-corrected chi connectivity index (χ0v) is 14.5. The first kappa shape index (κ1) is 17.6. The van der Waals surface area contributed by atoms with Crippen molar-refractivity contribution in [1.29, 1.82) is 0 Å². The fourth-order valence-corrected chi connectivity index (χ4v) is 3.47. The summed E-state index contributed by atoms with van der Waals surface area (Å²) in [6, 6.07) is 8.19. The average molecular weight is 375 g/mol. The van der Waals surface area contributed by atoms with E-state index in [4.69, 9.17) is 32.1 Å². The number of Topliss-reactive ketones (excluding diaryl/α,β-unsaturated/α-hetero) is 1. The van der Waals surface area contributed by atoms with Gasteiger partial charge in [-0.25, -0.2) is 0 Å². The molecule has 0 aliphatic heterocycles. The maximum absolute atomic E-state index is 12.4. The molecule has 0 unspecified atom stereocenters. The van der Waals surface area contributed by atoms with Gasteiger partial charge >= 0.3 is 10.1 Å². The first-order valence-corrected chi connectivity index (χ1v) is 8.49. The van der Waals surface area contributed by atoms with Crippen LogP contribution >= 0.6 is 23.2 Å². The predicted octanol–water partition coefficient (Wildman–Crippen LogP) is 3.97. The lowest BCUT2D eigenvalue weighted by Gasteiger charge is -2.12. The Bertz CT molecular complexity index is 862. The summed E-state index contributed by atoms with van der Waals surface area (Å²) in [5.41, 5.74) is 0.368. The number of hydrogen-bond acceptors (Lipinski definition) is 5. The number of rotatable bonds is 5. The Kier molecular flexibility index (Phi) is 5.19. The SMILES string of the molecule is COc1cc(C(C)=O)ccc1OS(=O)(=O)c1cc(Cl)ccc1Cl. The second-order valence-electron chi connectivity index (χ2n) is 4.53. The average Bonchev–Trinajstić information content (AvgIpc) is 2.49. The van der Waals surface area contributed by atoms with E-state index in [-0.39, 0.29) is 32.2 Å².